The number of morpholine rings is 1. The van der Waals surface area contributed by atoms with Crippen LogP contribution in [0.15, 0.2) is 18.5 Å². The number of sulfonamides is 1. The molecule has 5 rings (SSSR count). The minimum Gasteiger partial charge on any atom is -0.389 e. The minimum atomic E-state index is -3.61. The molecule has 1 saturated carbocycles. The zero-order chi connectivity index (χ0) is 27.1. The van der Waals surface area contributed by atoms with Crippen molar-refractivity contribution < 1.29 is 23.0 Å². The molecule has 1 saturated heterocycles. The van der Waals surface area contributed by atoms with Gasteiger partial charge in [-0.1, -0.05) is 13.3 Å². The van der Waals surface area contributed by atoms with E-state index in [0.717, 1.165) is 29.2 Å². The van der Waals surface area contributed by atoms with Gasteiger partial charge in [-0.2, -0.15) is 4.31 Å². The maximum absolute atomic E-state index is 13.1. The van der Waals surface area contributed by atoms with E-state index in [-0.39, 0.29) is 17.6 Å². The number of aliphatic hydroxyl groups is 1. The molecule has 0 amide bonds. The van der Waals surface area contributed by atoms with Crippen molar-refractivity contribution in [2.45, 2.75) is 44.4 Å². The first-order chi connectivity index (χ1) is 18.0. The van der Waals surface area contributed by atoms with E-state index in [0.29, 0.717) is 58.1 Å². The third-order valence-electron chi connectivity index (χ3n) is 7.72. The lowest BCUT2D eigenvalue weighted by Gasteiger charge is -2.30. The van der Waals surface area contributed by atoms with Crippen molar-refractivity contribution in [2.24, 2.45) is 5.92 Å². The summed E-state index contributed by atoms with van der Waals surface area (Å²) in [7, 11) is -4.23. The van der Waals surface area contributed by atoms with Gasteiger partial charge in [0.2, 0.25) is 10.0 Å². The van der Waals surface area contributed by atoms with Gasteiger partial charge in [0, 0.05) is 31.0 Å². The van der Waals surface area contributed by atoms with Crippen molar-refractivity contribution in [1.29, 1.82) is 0 Å². The second-order valence-electron chi connectivity index (χ2n) is 11.5. The quantitative estimate of drug-likeness (QED) is 0.369. The van der Waals surface area contributed by atoms with Crippen LogP contribution in [0, 0.1) is 5.92 Å². The average molecular weight is 569 g/mol. The Labute approximate surface area is 225 Å². The average Bonchev–Trinajstić information content (AvgIpc) is 3.56. The smallest absolute Gasteiger partial charge is 0.217 e. The largest absolute Gasteiger partial charge is 0.389 e. The Hall–Kier alpha value is -1.77. The summed E-state index contributed by atoms with van der Waals surface area (Å²) in [5.74, 6) is 1.46. The summed E-state index contributed by atoms with van der Waals surface area (Å²) < 4.78 is 43.0. The van der Waals surface area contributed by atoms with Gasteiger partial charge in [-0.15, -0.1) is 10.2 Å². The number of aromatic nitrogens is 5. The minimum absolute atomic E-state index is 0.0841. The standard InChI is InChI=1S/C25H40N6O5S2/c1-5-19-14-25(32,17-38(33,34)30-8-10-35-11-9-30)15-20(19)23-28-27-22-16-26-24-21(31(22)23)6-7-29(24)18-36-12-13-37(2,3)4/h6-7,16,19-20,32H,5,8-15,17-18H2,1-4H3. The second-order valence-corrected chi connectivity index (χ2v) is 18.1. The van der Waals surface area contributed by atoms with Crippen LogP contribution >= 0.6 is 10.0 Å². The molecule has 11 nitrogen and oxygen atoms in total. The molecule has 0 bridgehead atoms. The molecule has 3 aromatic rings. The molecule has 3 atom stereocenters. The molecular formula is C25H40N6O5S2. The summed E-state index contributed by atoms with van der Waals surface area (Å²) in [5, 5.41) is 20.5. The highest BCUT2D eigenvalue weighted by atomic mass is 32.3. The highest BCUT2D eigenvalue weighted by Gasteiger charge is 2.49. The zero-order valence-corrected chi connectivity index (χ0v) is 24.4. The summed E-state index contributed by atoms with van der Waals surface area (Å²) in [6.45, 7) is 4.62. The van der Waals surface area contributed by atoms with E-state index in [1.807, 2.05) is 21.2 Å². The Morgan fingerprint density at radius 1 is 1.18 bits per heavy atom. The molecule has 0 spiro atoms. The van der Waals surface area contributed by atoms with Gasteiger partial charge in [0.15, 0.2) is 11.3 Å². The Bertz CT molecular complexity index is 1380. The third-order valence-corrected chi connectivity index (χ3v) is 11.2. The number of rotatable bonds is 10. The van der Waals surface area contributed by atoms with Crippen LogP contribution in [0.25, 0.3) is 16.8 Å². The van der Waals surface area contributed by atoms with Crippen LogP contribution in [-0.2, 0) is 26.2 Å². The first-order valence-corrected chi connectivity index (χ1v) is 17.8. The zero-order valence-electron chi connectivity index (χ0n) is 22.7. The molecule has 1 aliphatic heterocycles. The van der Waals surface area contributed by atoms with Gasteiger partial charge in [-0.3, -0.25) is 4.40 Å². The second kappa shape index (κ2) is 10.7. The SMILES string of the molecule is CCC1CC(O)(CS(=O)(=O)N2CCOCC2)CC1c1nnc2cnc3c(ccn3COCCS(C)(C)C)n12. The number of hydrogen-bond donors (Lipinski definition) is 1. The summed E-state index contributed by atoms with van der Waals surface area (Å²) >= 11 is 0. The van der Waals surface area contributed by atoms with E-state index in [1.54, 1.807) is 6.20 Å². The molecular weight excluding hydrogens is 528 g/mol. The van der Waals surface area contributed by atoms with Crippen LogP contribution < -0.4 is 0 Å². The monoisotopic (exact) mass is 568 g/mol. The predicted octanol–water partition coefficient (Wildman–Crippen LogP) is 2.04. The van der Waals surface area contributed by atoms with Crippen molar-refractivity contribution in [3.05, 3.63) is 24.3 Å². The summed E-state index contributed by atoms with van der Waals surface area (Å²) in [6, 6.07) is 1.99. The van der Waals surface area contributed by atoms with Crippen LogP contribution in [-0.4, -0.2) is 111 Å². The van der Waals surface area contributed by atoms with E-state index in [4.69, 9.17) is 9.47 Å². The van der Waals surface area contributed by atoms with Crippen LogP contribution in [0.5, 0.6) is 0 Å². The maximum atomic E-state index is 13.1. The summed E-state index contributed by atoms with van der Waals surface area (Å²) in [4.78, 5) is 4.63. The summed E-state index contributed by atoms with van der Waals surface area (Å²) in [5.41, 5.74) is 0.959. The fraction of sp³-hybridized carbons (Fsp3) is 0.720. The lowest BCUT2D eigenvalue weighted by molar-refractivity contribution is 0.0570. The first-order valence-electron chi connectivity index (χ1n) is 13.2. The molecule has 0 radical (unpaired) electrons. The van der Waals surface area contributed by atoms with Gasteiger partial charge in [0.05, 0.1) is 42.9 Å². The Balaban J connectivity index is 1.40. The van der Waals surface area contributed by atoms with E-state index >= 15 is 0 Å². The highest BCUT2D eigenvalue weighted by molar-refractivity contribution is 8.32. The van der Waals surface area contributed by atoms with Crippen molar-refractivity contribution in [3.8, 4) is 0 Å². The molecule has 1 aliphatic carbocycles. The lowest BCUT2D eigenvalue weighted by Crippen LogP contribution is -2.47. The lowest BCUT2D eigenvalue weighted by atomic mass is 9.93. The molecule has 2 fully saturated rings. The van der Waals surface area contributed by atoms with Crippen molar-refractivity contribution in [3.63, 3.8) is 0 Å². The molecule has 2 aliphatic rings. The van der Waals surface area contributed by atoms with Gasteiger partial charge < -0.3 is 19.1 Å². The van der Waals surface area contributed by atoms with E-state index in [2.05, 4.69) is 40.9 Å². The Morgan fingerprint density at radius 2 is 1.95 bits per heavy atom. The summed E-state index contributed by atoms with van der Waals surface area (Å²) in [6.07, 6.45) is 12.0. The van der Waals surface area contributed by atoms with Gasteiger partial charge in [-0.25, -0.2) is 23.4 Å². The fourth-order valence-electron chi connectivity index (χ4n) is 5.74. The van der Waals surface area contributed by atoms with E-state index in [9.17, 15) is 13.5 Å². The molecule has 212 valence electrons. The van der Waals surface area contributed by atoms with Crippen LogP contribution in [0.3, 0.4) is 0 Å². The molecule has 0 aromatic carbocycles. The number of ether oxygens (including phenoxy) is 2. The van der Waals surface area contributed by atoms with Crippen molar-refractivity contribution >= 4 is 36.9 Å². The number of nitrogens with zero attached hydrogens (tertiary/aromatic N) is 6. The third kappa shape index (κ3) is 5.73. The molecule has 38 heavy (non-hydrogen) atoms. The topological polar surface area (TPSA) is 124 Å². The normalized spacial score (nSPS) is 26.0. The number of fused-ring (bicyclic) bond motifs is 3. The highest BCUT2D eigenvalue weighted by Crippen LogP contribution is 2.47. The molecule has 4 heterocycles. The van der Waals surface area contributed by atoms with Gasteiger partial charge in [0.1, 0.15) is 12.6 Å². The molecule has 1 N–H and O–H groups in total. The van der Waals surface area contributed by atoms with Crippen molar-refractivity contribution in [1.82, 2.24) is 28.5 Å². The van der Waals surface area contributed by atoms with Gasteiger partial charge in [0.25, 0.3) is 0 Å². The van der Waals surface area contributed by atoms with E-state index < -0.39 is 25.7 Å². The van der Waals surface area contributed by atoms with E-state index in [1.165, 1.54) is 4.31 Å². The first kappa shape index (κ1) is 27.8. The predicted molar refractivity (Wildman–Crippen MR) is 149 cm³/mol. The Kier molecular flexibility index (Phi) is 7.79. The molecule has 3 aromatic heterocycles. The van der Waals surface area contributed by atoms with Gasteiger partial charge >= 0.3 is 0 Å². The molecule has 13 heteroatoms. The van der Waals surface area contributed by atoms with Crippen LogP contribution in [0.2, 0.25) is 0 Å². The van der Waals surface area contributed by atoms with Gasteiger partial charge in [-0.05, 0) is 43.6 Å². The van der Waals surface area contributed by atoms with Crippen LogP contribution in [0.4, 0.5) is 0 Å². The fourth-order valence-corrected chi connectivity index (χ4v) is 8.16. The molecule has 3 unspecified atom stereocenters. The maximum Gasteiger partial charge on any atom is 0.217 e. The van der Waals surface area contributed by atoms with Crippen molar-refractivity contribution in [2.75, 3.05) is 63.2 Å². The van der Waals surface area contributed by atoms with Crippen LogP contribution in [0.1, 0.15) is 37.9 Å². The number of hydrogen-bond acceptors (Lipinski definition) is 8. The Morgan fingerprint density at radius 3 is 2.66 bits per heavy atom.